The van der Waals surface area contributed by atoms with Crippen molar-refractivity contribution in [1.29, 1.82) is 0 Å². The maximum absolute atomic E-state index is 13.0. The first-order valence-corrected chi connectivity index (χ1v) is 14.7. The molecule has 1 aromatic carbocycles. The molecule has 2 amide bonds. The van der Waals surface area contributed by atoms with Crippen molar-refractivity contribution in [1.82, 2.24) is 14.8 Å². The Morgan fingerprint density at radius 3 is 2.46 bits per heavy atom. The molecule has 1 unspecified atom stereocenters. The summed E-state index contributed by atoms with van der Waals surface area (Å²) in [6.07, 6.45) is 3.71. The summed E-state index contributed by atoms with van der Waals surface area (Å²) in [5.74, 6) is 1.68. The fourth-order valence-electron chi connectivity index (χ4n) is 5.80. The van der Waals surface area contributed by atoms with Crippen molar-refractivity contribution in [2.24, 2.45) is 4.99 Å². The predicted octanol–water partition coefficient (Wildman–Crippen LogP) is 4.47. The maximum atomic E-state index is 13.0. The SMILES string of the molecule is C=CC(=O)N1CCN(/C(=N/C)c2cc(Cl)c(N3CCOC[C@H]3C)nc2N(C=O)c2c(CC)cccc2CC)C(C)C1. The lowest BCUT2D eigenvalue weighted by Crippen LogP contribution is -2.55. The molecule has 10 heteroatoms. The van der Waals surface area contributed by atoms with Crippen molar-refractivity contribution in [2.45, 2.75) is 52.6 Å². The van der Waals surface area contributed by atoms with Crippen LogP contribution in [-0.2, 0) is 27.2 Å². The summed E-state index contributed by atoms with van der Waals surface area (Å²) < 4.78 is 5.67. The van der Waals surface area contributed by atoms with E-state index in [-0.39, 0.29) is 18.0 Å². The molecule has 41 heavy (non-hydrogen) atoms. The van der Waals surface area contributed by atoms with Gasteiger partial charge in [-0.05, 0) is 50.0 Å². The molecule has 0 bridgehead atoms. The van der Waals surface area contributed by atoms with Crippen LogP contribution in [0.15, 0.2) is 41.9 Å². The van der Waals surface area contributed by atoms with Crippen molar-refractivity contribution in [3.05, 3.63) is 58.6 Å². The van der Waals surface area contributed by atoms with Gasteiger partial charge in [0.15, 0.2) is 5.82 Å². The molecule has 9 nitrogen and oxygen atoms in total. The third-order valence-electron chi connectivity index (χ3n) is 7.96. The lowest BCUT2D eigenvalue weighted by molar-refractivity contribution is -0.128. The molecule has 2 aliphatic heterocycles. The van der Waals surface area contributed by atoms with E-state index < -0.39 is 0 Å². The number of rotatable bonds is 8. The number of ether oxygens (including phenoxy) is 1. The highest BCUT2D eigenvalue weighted by Crippen LogP contribution is 2.38. The van der Waals surface area contributed by atoms with Gasteiger partial charge in [0, 0.05) is 39.3 Å². The third-order valence-corrected chi connectivity index (χ3v) is 8.23. The minimum Gasteiger partial charge on any atom is -0.377 e. The van der Waals surface area contributed by atoms with Crippen molar-refractivity contribution < 1.29 is 14.3 Å². The number of hydrogen-bond acceptors (Lipinski definition) is 6. The van der Waals surface area contributed by atoms with Crippen LogP contribution >= 0.6 is 11.6 Å². The summed E-state index contributed by atoms with van der Waals surface area (Å²) in [6, 6.07) is 8.06. The largest absolute Gasteiger partial charge is 0.377 e. The van der Waals surface area contributed by atoms with Crippen molar-refractivity contribution in [2.75, 3.05) is 56.2 Å². The molecule has 2 saturated heterocycles. The van der Waals surface area contributed by atoms with E-state index in [1.807, 2.05) is 12.1 Å². The zero-order chi connectivity index (χ0) is 29.7. The van der Waals surface area contributed by atoms with E-state index in [0.29, 0.717) is 67.5 Å². The number of piperazine rings is 1. The minimum absolute atomic E-state index is 0.0317. The second-order valence-electron chi connectivity index (χ2n) is 10.5. The Kier molecular flexibility index (Phi) is 10.0. The number of nitrogens with zero attached hydrogens (tertiary/aromatic N) is 6. The van der Waals surface area contributed by atoms with E-state index in [2.05, 4.69) is 56.2 Å². The Balaban J connectivity index is 1.90. The van der Waals surface area contributed by atoms with Crippen molar-refractivity contribution >= 4 is 47.1 Å². The van der Waals surface area contributed by atoms with Gasteiger partial charge in [0.2, 0.25) is 12.3 Å². The first kappa shape index (κ1) is 30.5. The quantitative estimate of drug-likeness (QED) is 0.198. The number of para-hydroxylation sites is 1. The number of anilines is 3. The van der Waals surface area contributed by atoms with Crippen molar-refractivity contribution in [3.8, 4) is 0 Å². The standard InChI is InChI=1S/C31H41ClN6O3/c1-7-23-11-10-12-24(8-2)28(23)38(20-39)30-25(17-26(32)31(34-30)37-15-16-41-19-22(37)5)29(33-6)36-14-13-35(18-21(36)4)27(40)9-3/h9-12,17,20-22H,3,7-8,13-16,18-19H2,1-2,4-6H3/b33-29+/t21?,22-/m1/s1. The first-order chi connectivity index (χ1) is 19.8. The summed E-state index contributed by atoms with van der Waals surface area (Å²) in [4.78, 5) is 43.0. The number of benzene rings is 1. The lowest BCUT2D eigenvalue weighted by atomic mass is 10.0. The number of hydrogen-bond donors (Lipinski definition) is 0. The number of carbonyl (C=O) groups excluding carboxylic acids is 2. The molecule has 0 spiro atoms. The number of halogens is 1. The molecule has 2 atom stereocenters. The van der Waals surface area contributed by atoms with Crippen molar-refractivity contribution in [3.63, 3.8) is 0 Å². The number of morpholine rings is 1. The number of amides is 2. The molecule has 2 fully saturated rings. The number of pyridine rings is 1. The van der Waals surface area contributed by atoms with Gasteiger partial charge in [0.05, 0.1) is 35.5 Å². The van der Waals surface area contributed by atoms with Gasteiger partial charge in [-0.3, -0.25) is 19.5 Å². The molecule has 0 N–H and O–H groups in total. The van der Waals surface area contributed by atoms with Crippen LogP contribution in [0.3, 0.4) is 0 Å². The Morgan fingerprint density at radius 2 is 1.90 bits per heavy atom. The van der Waals surface area contributed by atoms with Crippen LogP contribution in [0.5, 0.6) is 0 Å². The van der Waals surface area contributed by atoms with Crippen LogP contribution in [0.2, 0.25) is 5.02 Å². The molecule has 2 aliphatic rings. The second kappa shape index (κ2) is 13.5. The smallest absolute Gasteiger partial charge is 0.246 e. The van der Waals surface area contributed by atoms with Crippen LogP contribution < -0.4 is 9.80 Å². The Bertz CT molecular complexity index is 1290. The number of aromatic nitrogens is 1. The van der Waals surface area contributed by atoms with Crippen LogP contribution in [0.1, 0.15) is 44.4 Å². The third kappa shape index (κ3) is 6.11. The van der Waals surface area contributed by atoms with Gasteiger partial charge in [0.1, 0.15) is 11.7 Å². The number of aryl methyl sites for hydroxylation is 2. The molecule has 4 rings (SSSR count). The summed E-state index contributed by atoms with van der Waals surface area (Å²) in [6.45, 7) is 15.4. The van der Waals surface area contributed by atoms with Gasteiger partial charge in [-0.1, -0.05) is 50.2 Å². The van der Waals surface area contributed by atoms with Gasteiger partial charge < -0.3 is 19.4 Å². The number of aliphatic imine (C=N–C) groups is 1. The van der Waals surface area contributed by atoms with Crippen LogP contribution in [-0.4, -0.2) is 91.5 Å². The number of carbonyl (C=O) groups is 2. The van der Waals surface area contributed by atoms with E-state index in [4.69, 9.17) is 26.3 Å². The molecular weight excluding hydrogens is 540 g/mol. The molecule has 3 heterocycles. The Morgan fingerprint density at radius 1 is 1.20 bits per heavy atom. The van der Waals surface area contributed by atoms with Gasteiger partial charge in [-0.25, -0.2) is 4.98 Å². The molecule has 1 aromatic heterocycles. The highest BCUT2D eigenvalue weighted by Gasteiger charge is 2.33. The Labute approximate surface area is 248 Å². The molecule has 0 saturated carbocycles. The normalized spacial score (nSPS) is 19.8. The van der Waals surface area contributed by atoms with Crippen LogP contribution in [0.25, 0.3) is 0 Å². The molecular formula is C31H41ClN6O3. The number of amidine groups is 1. The Hall–Kier alpha value is -3.43. The summed E-state index contributed by atoms with van der Waals surface area (Å²) in [5, 5.41) is 0.483. The fourth-order valence-corrected chi connectivity index (χ4v) is 6.06. The van der Waals surface area contributed by atoms with E-state index >= 15 is 0 Å². The van der Waals surface area contributed by atoms with Gasteiger partial charge in [-0.15, -0.1) is 0 Å². The molecule has 220 valence electrons. The maximum Gasteiger partial charge on any atom is 0.246 e. The molecule has 2 aromatic rings. The average molecular weight is 581 g/mol. The highest BCUT2D eigenvalue weighted by atomic mass is 35.5. The minimum atomic E-state index is -0.0868. The monoisotopic (exact) mass is 580 g/mol. The fraction of sp³-hybridized carbons (Fsp3) is 0.484. The highest BCUT2D eigenvalue weighted by molar-refractivity contribution is 6.33. The molecule has 0 radical (unpaired) electrons. The zero-order valence-corrected chi connectivity index (χ0v) is 25.5. The zero-order valence-electron chi connectivity index (χ0n) is 24.8. The van der Waals surface area contributed by atoms with E-state index in [1.54, 1.807) is 16.8 Å². The predicted molar refractivity (Wildman–Crippen MR) is 166 cm³/mol. The summed E-state index contributed by atoms with van der Waals surface area (Å²) in [7, 11) is 1.74. The van der Waals surface area contributed by atoms with Gasteiger partial charge in [-0.2, -0.15) is 0 Å². The molecule has 0 aliphatic carbocycles. The van der Waals surface area contributed by atoms with Gasteiger partial charge in [0.25, 0.3) is 0 Å². The van der Waals surface area contributed by atoms with Gasteiger partial charge >= 0.3 is 0 Å². The van der Waals surface area contributed by atoms with E-state index in [0.717, 1.165) is 36.1 Å². The van der Waals surface area contributed by atoms with Crippen LogP contribution in [0.4, 0.5) is 17.3 Å². The summed E-state index contributed by atoms with van der Waals surface area (Å²) >= 11 is 6.98. The average Bonchev–Trinajstić information content (AvgIpc) is 2.99. The summed E-state index contributed by atoms with van der Waals surface area (Å²) in [5.41, 5.74) is 3.62. The van der Waals surface area contributed by atoms with E-state index in [9.17, 15) is 9.59 Å². The van der Waals surface area contributed by atoms with Crippen LogP contribution in [0, 0.1) is 0 Å². The second-order valence-corrected chi connectivity index (χ2v) is 10.9. The first-order valence-electron chi connectivity index (χ1n) is 14.3. The van der Waals surface area contributed by atoms with E-state index in [1.165, 1.54) is 6.08 Å². The topological polar surface area (TPSA) is 81.6 Å². The lowest BCUT2D eigenvalue weighted by Gasteiger charge is -2.42.